The molecule has 17 heavy (non-hydrogen) atoms. The SMILES string of the molecule is CC(O)c1ccc(C2(N=C=O)CCCC2)cc1. The van der Waals surface area contributed by atoms with Gasteiger partial charge in [-0.3, -0.25) is 0 Å². The lowest BCUT2D eigenvalue weighted by molar-refractivity contribution is 0.199. The standard InChI is InChI=1S/C14H17NO2/c1-11(17)12-4-6-13(7-5-12)14(15-10-16)8-2-3-9-14/h4-7,11,17H,2-3,8-9H2,1H3. The predicted molar refractivity (Wildman–Crippen MR) is 65.3 cm³/mol. The van der Waals surface area contributed by atoms with Crippen molar-refractivity contribution in [1.29, 1.82) is 0 Å². The molecule has 90 valence electrons. The van der Waals surface area contributed by atoms with Crippen LogP contribution in [0.5, 0.6) is 0 Å². The molecule has 1 aliphatic carbocycles. The maximum Gasteiger partial charge on any atom is 0.235 e. The summed E-state index contributed by atoms with van der Waals surface area (Å²) in [5, 5.41) is 9.46. The summed E-state index contributed by atoms with van der Waals surface area (Å²) >= 11 is 0. The summed E-state index contributed by atoms with van der Waals surface area (Å²) < 4.78 is 0. The third kappa shape index (κ3) is 2.31. The Morgan fingerprint density at radius 2 is 1.88 bits per heavy atom. The summed E-state index contributed by atoms with van der Waals surface area (Å²) in [6, 6.07) is 7.74. The molecule has 0 saturated heterocycles. The number of carbonyl (C=O) groups excluding carboxylic acids is 1. The second kappa shape index (κ2) is 4.82. The minimum absolute atomic E-state index is 0.362. The fraction of sp³-hybridized carbons (Fsp3) is 0.500. The average Bonchev–Trinajstić information content (AvgIpc) is 2.79. The van der Waals surface area contributed by atoms with Crippen LogP contribution in [0.25, 0.3) is 0 Å². The first-order chi connectivity index (χ1) is 8.18. The number of nitrogens with zero attached hydrogens (tertiary/aromatic N) is 1. The third-order valence-electron chi connectivity index (χ3n) is 3.62. The van der Waals surface area contributed by atoms with Crippen LogP contribution in [0.15, 0.2) is 29.3 Å². The molecule has 0 radical (unpaired) electrons. The van der Waals surface area contributed by atoms with Crippen LogP contribution in [0, 0.1) is 0 Å². The van der Waals surface area contributed by atoms with Gasteiger partial charge in [0.2, 0.25) is 6.08 Å². The van der Waals surface area contributed by atoms with Gasteiger partial charge in [0, 0.05) is 0 Å². The second-order valence-corrected chi connectivity index (χ2v) is 4.74. The molecule has 0 spiro atoms. The molecule has 3 nitrogen and oxygen atoms in total. The Morgan fingerprint density at radius 3 is 2.35 bits per heavy atom. The largest absolute Gasteiger partial charge is 0.389 e. The molecule has 1 aromatic carbocycles. The molecular weight excluding hydrogens is 214 g/mol. The molecule has 0 aliphatic heterocycles. The number of aliphatic hydroxyl groups excluding tert-OH is 1. The molecule has 1 aliphatic rings. The van der Waals surface area contributed by atoms with Crippen molar-refractivity contribution in [2.75, 3.05) is 0 Å². The van der Waals surface area contributed by atoms with Crippen LogP contribution in [0.3, 0.4) is 0 Å². The van der Waals surface area contributed by atoms with Gasteiger partial charge >= 0.3 is 0 Å². The van der Waals surface area contributed by atoms with E-state index in [0.717, 1.165) is 36.8 Å². The van der Waals surface area contributed by atoms with E-state index in [-0.39, 0.29) is 5.54 Å². The van der Waals surface area contributed by atoms with Crippen molar-refractivity contribution in [2.45, 2.75) is 44.2 Å². The highest BCUT2D eigenvalue weighted by Crippen LogP contribution is 2.42. The summed E-state index contributed by atoms with van der Waals surface area (Å²) in [7, 11) is 0. The lowest BCUT2D eigenvalue weighted by Crippen LogP contribution is -2.18. The van der Waals surface area contributed by atoms with E-state index in [1.165, 1.54) is 0 Å². The van der Waals surface area contributed by atoms with Gasteiger partial charge in [-0.05, 0) is 30.9 Å². The zero-order valence-electron chi connectivity index (χ0n) is 10.0. The number of aliphatic hydroxyl groups is 1. The van der Waals surface area contributed by atoms with E-state index in [0.29, 0.717) is 0 Å². The van der Waals surface area contributed by atoms with Crippen LogP contribution < -0.4 is 0 Å². The molecule has 0 aromatic heterocycles. The summed E-state index contributed by atoms with van der Waals surface area (Å²) in [5.74, 6) is 0. The first-order valence-corrected chi connectivity index (χ1v) is 6.05. The van der Waals surface area contributed by atoms with Crippen molar-refractivity contribution in [3.63, 3.8) is 0 Å². The Labute approximate surface area is 101 Å². The number of rotatable bonds is 3. The van der Waals surface area contributed by atoms with E-state index in [4.69, 9.17) is 0 Å². The highest BCUT2D eigenvalue weighted by molar-refractivity contribution is 5.39. The number of hydrogen-bond acceptors (Lipinski definition) is 3. The molecule has 1 atom stereocenters. The fourth-order valence-electron chi connectivity index (χ4n) is 2.58. The first kappa shape index (κ1) is 12.0. The Hall–Kier alpha value is -1.44. The minimum atomic E-state index is -0.460. The number of isocyanates is 1. The zero-order chi connectivity index (χ0) is 12.3. The van der Waals surface area contributed by atoms with E-state index >= 15 is 0 Å². The monoisotopic (exact) mass is 231 g/mol. The summed E-state index contributed by atoms with van der Waals surface area (Å²) in [6.45, 7) is 1.74. The predicted octanol–water partition coefficient (Wildman–Crippen LogP) is 2.85. The van der Waals surface area contributed by atoms with E-state index in [2.05, 4.69) is 4.99 Å². The lowest BCUT2D eigenvalue weighted by atomic mass is 9.88. The quantitative estimate of drug-likeness (QED) is 0.642. The Balaban J connectivity index is 2.34. The van der Waals surface area contributed by atoms with Gasteiger partial charge in [0.1, 0.15) is 0 Å². The van der Waals surface area contributed by atoms with Crippen molar-refractivity contribution in [3.8, 4) is 0 Å². The minimum Gasteiger partial charge on any atom is -0.389 e. The molecule has 2 rings (SSSR count). The highest BCUT2D eigenvalue weighted by Gasteiger charge is 2.35. The van der Waals surface area contributed by atoms with E-state index < -0.39 is 6.10 Å². The smallest absolute Gasteiger partial charge is 0.235 e. The maximum absolute atomic E-state index is 10.6. The Morgan fingerprint density at radius 1 is 1.29 bits per heavy atom. The lowest BCUT2D eigenvalue weighted by Gasteiger charge is -2.23. The van der Waals surface area contributed by atoms with Gasteiger partial charge in [-0.15, -0.1) is 0 Å². The number of aliphatic imine (C=N–C) groups is 1. The van der Waals surface area contributed by atoms with Crippen LogP contribution in [0.4, 0.5) is 0 Å². The normalized spacial score (nSPS) is 19.6. The molecule has 1 saturated carbocycles. The average molecular weight is 231 g/mol. The molecule has 1 unspecified atom stereocenters. The molecule has 0 amide bonds. The van der Waals surface area contributed by atoms with Gasteiger partial charge in [0.25, 0.3) is 0 Å². The van der Waals surface area contributed by atoms with Crippen molar-refractivity contribution in [3.05, 3.63) is 35.4 Å². The van der Waals surface area contributed by atoms with Gasteiger partial charge in [-0.1, -0.05) is 37.1 Å². The van der Waals surface area contributed by atoms with Crippen LogP contribution >= 0.6 is 0 Å². The third-order valence-corrected chi connectivity index (χ3v) is 3.62. The molecule has 0 heterocycles. The van der Waals surface area contributed by atoms with Crippen molar-refractivity contribution < 1.29 is 9.90 Å². The topological polar surface area (TPSA) is 49.7 Å². The van der Waals surface area contributed by atoms with Crippen molar-refractivity contribution in [2.24, 2.45) is 4.99 Å². The zero-order valence-corrected chi connectivity index (χ0v) is 10.0. The summed E-state index contributed by atoms with van der Waals surface area (Å²) in [5.41, 5.74) is 1.58. The summed E-state index contributed by atoms with van der Waals surface area (Å²) in [4.78, 5) is 14.6. The fourth-order valence-corrected chi connectivity index (χ4v) is 2.58. The second-order valence-electron chi connectivity index (χ2n) is 4.74. The number of benzene rings is 1. The highest BCUT2D eigenvalue weighted by atomic mass is 16.3. The molecule has 3 heteroatoms. The van der Waals surface area contributed by atoms with Crippen molar-refractivity contribution in [1.82, 2.24) is 0 Å². The van der Waals surface area contributed by atoms with Gasteiger partial charge in [-0.2, -0.15) is 4.99 Å². The van der Waals surface area contributed by atoms with E-state index in [9.17, 15) is 9.90 Å². The van der Waals surface area contributed by atoms with Crippen LogP contribution in [-0.4, -0.2) is 11.2 Å². The molecule has 1 N–H and O–H groups in total. The van der Waals surface area contributed by atoms with Crippen LogP contribution in [0.2, 0.25) is 0 Å². The van der Waals surface area contributed by atoms with E-state index in [1.54, 1.807) is 13.0 Å². The van der Waals surface area contributed by atoms with Crippen LogP contribution in [-0.2, 0) is 10.3 Å². The molecule has 1 aromatic rings. The number of hydrogen-bond donors (Lipinski definition) is 1. The van der Waals surface area contributed by atoms with Gasteiger partial charge in [0.15, 0.2) is 0 Å². The van der Waals surface area contributed by atoms with Gasteiger partial charge in [0.05, 0.1) is 11.6 Å². The van der Waals surface area contributed by atoms with Crippen molar-refractivity contribution >= 4 is 6.08 Å². The molecular formula is C14H17NO2. The summed E-state index contributed by atoms with van der Waals surface area (Å²) in [6.07, 6.45) is 5.28. The molecule has 0 bridgehead atoms. The Bertz CT molecular complexity index is 424. The van der Waals surface area contributed by atoms with Crippen LogP contribution in [0.1, 0.15) is 49.8 Å². The van der Waals surface area contributed by atoms with Gasteiger partial charge in [-0.25, -0.2) is 4.79 Å². The molecule has 1 fully saturated rings. The first-order valence-electron chi connectivity index (χ1n) is 6.05. The van der Waals surface area contributed by atoms with E-state index in [1.807, 2.05) is 24.3 Å². The van der Waals surface area contributed by atoms with Gasteiger partial charge < -0.3 is 5.11 Å². The Kier molecular flexibility index (Phi) is 3.41. The maximum atomic E-state index is 10.6.